The minimum atomic E-state index is -0.178. The van der Waals surface area contributed by atoms with E-state index in [4.69, 9.17) is 9.47 Å². The number of likely N-dealkylation sites (tertiary alicyclic amines) is 1. The van der Waals surface area contributed by atoms with E-state index in [1.807, 2.05) is 25.1 Å². The molecule has 5 nitrogen and oxygen atoms in total. The van der Waals surface area contributed by atoms with Crippen molar-refractivity contribution in [1.29, 1.82) is 0 Å². The van der Waals surface area contributed by atoms with Crippen LogP contribution in [0.5, 0.6) is 11.5 Å². The first-order valence-corrected chi connectivity index (χ1v) is 9.15. The number of ether oxygens (including phenoxy) is 2. The number of hydrogen-bond acceptors (Lipinski definition) is 5. The van der Waals surface area contributed by atoms with Gasteiger partial charge in [0.05, 0.1) is 6.04 Å². The summed E-state index contributed by atoms with van der Waals surface area (Å²) in [6, 6.07) is 7.81. The number of fused-ring (bicyclic) bond motifs is 1. The lowest BCUT2D eigenvalue weighted by atomic mass is 10.1. The van der Waals surface area contributed by atoms with Crippen molar-refractivity contribution in [2.75, 3.05) is 18.7 Å². The quantitative estimate of drug-likeness (QED) is 0.920. The fraction of sp³-hybridized carbons (Fsp3) is 0.389. The van der Waals surface area contributed by atoms with Crippen LogP contribution in [0.4, 0.5) is 5.69 Å². The van der Waals surface area contributed by atoms with Crippen LogP contribution in [0.3, 0.4) is 0 Å². The average molecular weight is 344 g/mol. The number of carbonyl (C=O) groups is 1. The van der Waals surface area contributed by atoms with Gasteiger partial charge < -0.3 is 14.8 Å². The smallest absolute Gasteiger partial charge is 0.241 e. The zero-order valence-corrected chi connectivity index (χ0v) is 14.3. The normalized spacial score (nSPS) is 21.0. The lowest BCUT2D eigenvalue weighted by Crippen LogP contribution is -2.41. The average Bonchev–Trinajstić information content (AvgIpc) is 3.32. The fourth-order valence-electron chi connectivity index (χ4n) is 3.45. The van der Waals surface area contributed by atoms with Gasteiger partial charge in [-0.2, -0.15) is 11.3 Å². The molecule has 1 aromatic carbocycles. The van der Waals surface area contributed by atoms with Crippen molar-refractivity contribution in [2.45, 2.75) is 31.8 Å². The maximum Gasteiger partial charge on any atom is 0.241 e. The first-order valence-electron chi connectivity index (χ1n) is 8.21. The molecule has 0 radical (unpaired) electrons. The molecule has 3 heterocycles. The Bertz CT molecular complexity index is 732. The number of nitrogens with zero attached hydrogens (tertiary/aromatic N) is 1. The molecule has 1 amide bonds. The van der Waals surface area contributed by atoms with Crippen molar-refractivity contribution in [1.82, 2.24) is 4.90 Å². The highest BCUT2D eigenvalue weighted by molar-refractivity contribution is 7.07. The summed E-state index contributed by atoms with van der Waals surface area (Å²) in [7, 11) is 0. The van der Waals surface area contributed by atoms with Gasteiger partial charge in [0.15, 0.2) is 11.5 Å². The number of anilines is 1. The molecule has 0 unspecified atom stereocenters. The minimum absolute atomic E-state index is 0.0102. The monoisotopic (exact) mass is 344 g/mol. The Kier molecular flexibility index (Phi) is 4.16. The van der Waals surface area contributed by atoms with Crippen LogP contribution in [0, 0.1) is 0 Å². The second-order valence-corrected chi connectivity index (χ2v) is 6.97. The molecule has 1 fully saturated rings. The third kappa shape index (κ3) is 2.87. The third-order valence-electron chi connectivity index (χ3n) is 4.74. The summed E-state index contributed by atoms with van der Waals surface area (Å²) in [5, 5.41) is 7.29. The fourth-order valence-corrected chi connectivity index (χ4v) is 4.15. The predicted molar refractivity (Wildman–Crippen MR) is 93.7 cm³/mol. The van der Waals surface area contributed by atoms with Gasteiger partial charge in [-0.1, -0.05) is 0 Å². The summed E-state index contributed by atoms with van der Waals surface area (Å²) in [5.74, 6) is 1.41. The van der Waals surface area contributed by atoms with Crippen molar-refractivity contribution in [3.05, 3.63) is 40.6 Å². The van der Waals surface area contributed by atoms with E-state index in [0.29, 0.717) is 11.8 Å². The number of hydrogen-bond donors (Lipinski definition) is 1. The second kappa shape index (κ2) is 6.45. The number of rotatable bonds is 4. The summed E-state index contributed by atoms with van der Waals surface area (Å²) in [6.45, 7) is 3.17. The molecule has 6 heteroatoms. The SMILES string of the molecule is C[C@@H](C(=O)Nc1ccc2c(c1)OCO2)N1CCC[C@@H]1c1ccsc1. The van der Waals surface area contributed by atoms with Gasteiger partial charge in [0.1, 0.15) is 0 Å². The summed E-state index contributed by atoms with van der Waals surface area (Å²) in [5.41, 5.74) is 2.06. The van der Waals surface area contributed by atoms with Crippen molar-refractivity contribution >= 4 is 22.9 Å². The number of carbonyl (C=O) groups excluding carboxylic acids is 1. The van der Waals surface area contributed by atoms with Crippen LogP contribution in [0.2, 0.25) is 0 Å². The van der Waals surface area contributed by atoms with Crippen LogP contribution < -0.4 is 14.8 Å². The topological polar surface area (TPSA) is 50.8 Å². The number of thiophene rings is 1. The van der Waals surface area contributed by atoms with Gasteiger partial charge >= 0.3 is 0 Å². The van der Waals surface area contributed by atoms with E-state index < -0.39 is 0 Å². The van der Waals surface area contributed by atoms with E-state index in [1.165, 1.54) is 5.56 Å². The Morgan fingerprint density at radius 1 is 1.33 bits per heavy atom. The van der Waals surface area contributed by atoms with Crippen molar-refractivity contribution in [2.24, 2.45) is 0 Å². The van der Waals surface area contributed by atoms with E-state index in [-0.39, 0.29) is 18.7 Å². The van der Waals surface area contributed by atoms with E-state index >= 15 is 0 Å². The molecule has 0 spiro atoms. The Balaban J connectivity index is 1.46. The number of benzene rings is 1. The molecule has 24 heavy (non-hydrogen) atoms. The van der Waals surface area contributed by atoms with E-state index in [2.05, 4.69) is 27.0 Å². The van der Waals surface area contributed by atoms with Gasteiger partial charge in [-0.05, 0) is 60.8 Å². The molecule has 2 atom stereocenters. The Morgan fingerprint density at radius 2 is 2.21 bits per heavy atom. The summed E-state index contributed by atoms with van der Waals surface area (Å²) in [4.78, 5) is 15.0. The molecule has 1 N–H and O–H groups in total. The van der Waals surface area contributed by atoms with Gasteiger partial charge in [0.2, 0.25) is 12.7 Å². The Morgan fingerprint density at radius 3 is 3.04 bits per heavy atom. The van der Waals surface area contributed by atoms with Gasteiger partial charge in [0.25, 0.3) is 0 Å². The molecule has 126 valence electrons. The van der Waals surface area contributed by atoms with Crippen LogP contribution in [0.15, 0.2) is 35.0 Å². The highest BCUT2D eigenvalue weighted by atomic mass is 32.1. The molecule has 0 bridgehead atoms. The summed E-state index contributed by atoms with van der Waals surface area (Å²) in [6.07, 6.45) is 2.24. The highest BCUT2D eigenvalue weighted by Crippen LogP contribution is 2.36. The zero-order chi connectivity index (χ0) is 16.5. The molecule has 0 saturated carbocycles. The van der Waals surface area contributed by atoms with Crippen molar-refractivity contribution in [3.63, 3.8) is 0 Å². The van der Waals surface area contributed by atoms with Crippen LogP contribution >= 0.6 is 11.3 Å². The van der Waals surface area contributed by atoms with E-state index in [0.717, 1.165) is 30.8 Å². The predicted octanol–water partition coefficient (Wildman–Crippen LogP) is 3.64. The van der Waals surface area contributed by atoms with Gasteiger partial charge in [-0.25, -0.2) is 0 Å². The lowest BCUT2D eigenvalue weighted by molar-refractivity contribution is -0.121. The Hall–Kier alpha value is -2.05. The van der Waals surface area contributed by atoms with E-state index in [1.54, 1.807) is 11.3 Å². The van der Waals surface area contributed by atoms with Crippen LogP contribution in [-0.4, -0.2) is 30.2 Å². The second-order valence-electron chi connectivity index (χ2n) is 6.19. The van der Waals surface area contributed by atoms with Crippen LogP contribution in [-0.2, 0) is 4.79 Å². The van der Waals surface area contributed by atoms with Crippen LogP contribution in [0.1, 0.15) is 31.4 Å². The first-order chi connectivity index (χ1) is 11.7. The molecule has 4 rings (SSSR count). The summed E-state index contributed by atoms with van der Waals surface area (Å²) < 4.78 is 10.7. The van der Waals surface area contributed by atoms with Crippen molar-refractivity contribution < 1.29 is 14.3 Å². The molecule has 0 aliphatic carbocycles. The molecule has 2 aliphatic heterocycles. The van der Waals surface area contributed by atoms with Gasteiger partial charge in [-0.15, -0.1) is 0 Å². The van der Waals surface area contributed by atoms with Gasteiger partial charge in [-0.3, -0.25) is 9.69 Å². The largest absolute Gasteiger partial charge is 0.454 e. The molecule has 1 saturated heterocycles. The Labute approximate surface area is 145 Å². The minimum Gasteiger partial charge on any atom is -0.454 e. The maximum atomic E-state index is 12.7. The highest BCUT2D eigenvalue weighted by Gasteiger charge is 2.33. The molecule has 2 aromatic rings. The number of nitrogens with one attached hydrogen (secondary N) is 1. The standard InChI is InChI=1S/C18H20N2O3S/c1-12(20-7-2-3-15(20)13-6-8-24-10-13)18(21)19-14-4-5-16-17(9-14)23-11-22-16/h4-6,8-10,12,15H,2-3,7,11H2,1H3,(H,19,21)/t12-,15+/m0/s1. The molecular formula is C18H20N2O3S. The first kappa shape index (κ1) is 15.5. The van der Waals surface area contributed by atoms with Crippen LogP contribution in [0.25, 0.3) is 0 Å². The molecule has 2 aliphatic rings. The van der Waals surface area contributed by atoms with Crippen molar-refractivity contribution in [3.8, 4) is 11.5 Å². The molecular weight excluding hydrogens is 324 g/mol. The molecule has 1 aromatic heterocycles. The van der Waals surface area contributed by atoms with Gasteiger partial charge in [0, 0.05) is 17.8 Å². The van der Waals surface area contributed by atoms with E-state index in [9.17, 15) is 4.79 Å². The number of amides is 1. The third-order valence-corrected chi connectivity index (χ3v) is 5.44. The summed E-state index contributed by atoms with van der Waals surface area (Å²) >= 11 is 1.71. The lowest BCUT2D eigenvalue weighted by Gasteiger charge is -2.29. The zero-order valence-electron chi connectivity index (χ0n) is 13.5. The maximum absolute atomic E-state index is 12.7.